The molecule has 9 heteroatoms. The van der Waals surface area contributed by atoms with Crippen molar-refractivity contribution in [3.8, 4) is 0 Å². The van der Waals surface area contributed by atoms with E-state index in [2.05, 4.69) is 10.3 Å². The SMILES string of the molecule is FC(F)(F)CCC(CCC(F)(F)F)NCCn1ccnc1. The fourth-order valence-electron chi connectivity index (χ4n) is 1.84. The summed E-state index contributed by atoms with van der Waals surface area (Å²) in [5.74, 6) is 0. The van der Waals surface area contributed by atoms with Gasteiger partial charge in [-0.15, -0.1) is 0 Å². The Morgan fingerprint density at radius 2 is 1.57 bits per heavy atom. The van der Waals surface area contributed by atoms with Crippen LogP contribution in [0.1, 0.15) is 25.7 Å². The maximum Gasteiger partial charge on any atom is 0.389 e. The number of hydrogen-bond donors (Lipinski definition) is 1. The Labute approximate surface area is 118 Å². The van der Waals surface area contributed by atoms with Gasteiger partial charge in [0.2, 0.25) is 0 Å². The van der Waals surface area contributed by atoms with E-state index in [0.717, 1.165) is 0 Å². The molecule has 1 aromatic rings. The highest BCUT2D eigenvalue weighted by Crippen LogP contribution is 2.26. The van der Waals surface area contributed by atoms with Gasteiger partial charge in [-0.1, -0.05) is 0 Å². The van der Waals surface area contributed by atoms with E-state index in [-0.39, 0.29) is 19.4 Å². The molecule has 1 rings (SSSR count). The summed E-state index contributed by atoms with van der Waals surface area (Å²) in [6, 6.07) is -0.809. The van der Waals surface area contributed by atoms with E-state index in [0.29, 0.717) is 6.54 Å². The van der Waals surface area contributed by atoms with Crippen LogP contribution in [0.15, 0.2) is 18.7 Å². The van der Waals surface area contributed by atoms with Gasteiger partial charge in [0.25, 0.3) is 0 Å². The molecule has 1 N–H and O–H groups in total. The number of halogens is 6. The third-order valence-corrected chi connectivity index (χ3v) is 2.91. The summed E-state index contributed by atoms with van der Waals surface area (Å²) >= 11 is 0. The van der Waals surface area contributed by atoms with Crippen LogP contribution in [0, 0.1) is 0 Å². The molecule has 0 unspecified atom stereocenters. The summed E-state index contributed by atoms with van der Waals surface area (Å²) in [5, 5.41) is 2.75. The van der Waals surface area contributed by atoms with E-state index in [9.17, 15) is 26.3 Å². The maximum absolute atomic E-state index is 12.2. The van der Waals surface area contributed by atoms with E-state index in [1.54, 1.807) is 17.0 Å². The molecule has 0 aliphatic rings. The quantitative estimate of drug-likeness (QED) is 0.744. The molecular weight excluding hydrogens is 300 g/mol. The minimum Gasteiger partial charge on any atom is -0.336 e. The summed E-state index contributed by atoms with van der Waals surface area (Å²) in [5.41, 5.74) is 0. The van der Waals surface area contributed by atoms with E-state index < -0.39 is 31.2 Å². The van der Waals surface area contributed by atoms with Gasteiger partial charge in [0.05, 0.1) is 6.33 Å². The van der Waals surface area contributed by atoms with Crippen LogP contribution in [0.5, 0.6) is 0 Å². The van der Waals surface area contributed by atoms with Gasteiger partial charge in [0.1, 0.15) is 0 Å². The fraction of sp³-hybridized carbons (Fsp3) is 0.750. The molecule has 0 bridgehead atoms. The van der Waals surface area contributed by atoms with Crippen molar-refractivity contribution in [2.75, 3.05) is 6.54 Å². The smallest absolute Gasteiger partial charge is 0.336 e. The molecule has 1 aromatic heterocycles. The Hall–Kier alpha value is -1.25. The first kappa shape index (κ1) is 17.8. The first-order valence-corrected chi connectivity index (χ1v) is 6.48. The lowest BCUT2D eigenvalue weighted by Gasteiger charge is -2.20. The largest absolute Gasteiger partial charge is 0.389 e. The second kappa shape index (κ2) is 7.67. The molecule has 0 aliphatic heterocycles. The highest BCUT2D eigenvalue weighted by Gasteiger charge is 2.31. The van der Waals surface area contributed by atoms with Gasteiger partial charge >= 0.3 is 12.4 Å². The zero-order valence-corrected chi connectivity index (χ0v) is 11.2. The lowest BCUT2D eigenvalue weighted by Crippen LogP contribution is -2.34. The van der Waals surface area contributed by atoms with Crippen LogP contribution in [0.25, 0.3) is 0 Å². The summed E-state index contributed by atoms with van der Waals surface area (Å²) < 4.78 is 74.7. The zero-order valence-electron chi connectivity index (χ0n) is 11.2. The van der Waals surface area contributed by atoms with E-state index in [1.165, 1.54) is 6.33 Å². The van der Waals surface area contributed by atoms with Crippen molar-refractivity contribution < 1.29 is 26.3 Å². The molecule has 0 radical (unpaired) electrons. The van der Waals surface area contributed by atoms with Crippen molar-refractivity contribution in [1.29, 1.82) is 0 Å². The first-order chi connectivity index (χ1) is 9.66. The molecule has 0 amide bonds. The molecule has 0 atom stereocenters. The summed E-state index contributed by atoms with van der Waals surface area (Å²) in [6.07, 6.45) is -6.87. The normalized spacial score (nSPS) is 13.1. The number of imidazole rings is 1. The van der Waals surface area contributed by atoms with E-state index in [1.807, 2.05) is 0 Å². The highest BCUT2D eigenvalue weighted by molar-refractivity contribution is 4.76. The van der Waals surface area contributed by atoms with Crippen molar-refractivity contribution in [1.82, 2.24) is 14.9 Å². The molecule has 122 valence electrons. The van der Waals surface area contributed by atoms with E-state index >= 15 is 0 Å². The molecule has 21 heavy (non-hydrogen) atoms. The highest BCUT2D eigenvalue weighted by atomic mass is 19.4. The Kier molecular flexibility index (Phi) is 6.50. The van der Waals surface area contributed by atoms with Crippen molar-refractivity contribution in [3.63, 3.8) is 0 Å². The summed E-state index contributed by atoms with van der Waals surface area (Å²) in [7, 11) is 0. The average molecular weight is 317 g/mol. The minimum atomic E-state index is -4.36. The molecule has 0 saturated carbocycles. The van der Waals surface area contributed by atoms with Crippen LogP contribution in [0.2, 0.25) is 0 Å². The Balaban J connectivity index is 2.38. The van der Waals surface area contributed by atoms with Crippen molar-refractivity contribution >= 4 is 0 Å². The second-order valence-corrected chi connectivity index (χ2v) is 4.76. The van der Waals surface area contributed by atoms with Crippen molar-refractivity contribution in [2.45, 2.75) is 50.6 Å². The van der Waals surface area contributed by atoms with Crippen LogP contribution in [-0.4, -0.2) is 34.5 Å². The lowest BCUT2D eigenvalue weighted by atomic mass is 10.1. The predicted octanol–water partition coefficient (Wildman–Crippen LogP) is 3.53. The van der Waals surface area contributed by atoms with Crippen LogP contribution in [-0.2, 0) is 6.54 Å². The van der Waals surface area contributed by atoms with Crippen LogP contribution < -0.4 is 5.32 Å². The molecule has 0 saturated heterocycles. The average Bonchev–Trinajstić information content (AvgIpc) is 2.82. The monoisotopic (exact) mass is 317 g/mol. The third kappa shape index (κ3) is 9.33. The van der Waals surface area contributed by atoms with Crippen LogP contribution in [0.4, 0.5) is 26.3 Å². The zero-order chi connectivity index (χ0) is 15.9. The van der Waals surface area contributed by atoms with E-state index in [4.69, 9.17) is 0 Å². The third-order valence-electron chi connectivity index (χ3n) is 2.91. The minimum absolute atomic E-state index is 0.288. The number of nitrogens with zero attached hydrogens (tertiary/aromatic N) is 2. The summed E-state index contributed by atoms with van der Waals surface area (Å²) in [4.78, 5) is 3.79. The molecule has 0 aliphatic carbocycles. The Morgan fingerprint density at radius 1 is 1.00 bits per heavy atom. The predicted molar refractivity (Wildman–Crippen MR) is 64.6 cm³/mol. The second-order valence-electron chi connectivity index (χ2n) is 4.76. The molecule has 0 fully saturated rings. The van der Waals surface area contributed by atoms with Crippen molar-refractivity contribution in [2.24, 2.45) is 0 Å². The first-order valence-electron chi connectivity index (χ1n) is 6.48. The standard InChI is InChI=1S/C12H17F6N3/c13-11(14,15)3-1-10(2-4-12(16,17)18)20-6-8-21-7-5-19-9-21/h5,7,9-10,20H,1-4,6,8H2. The van der Waals surface area contributed by atoms with Crippen LogP contribution in [0.3, 0.4) is 0 Å². The van der Waals surface area contributed by atoms with Crippen molar-refractivity contribution in [3.05, 3.63) is 18.7 Å². The fourth-order valence-corrected chi connectivity index (χ4v) is 1.84. The van der Waals surface area contributed by atoms with Gasteiger partial charge in [-0.05, 0) is 12.8 Å². The number of alkyl halides is 6. The Morgan fingerprint density at radius 3 is 2.00 bits per heavy atom. The van der Waals surface area contributed by atoms with Gasteiger partial charge in [-0.2, -0.15) is 26.3 Å². The molecule has 3 nitrogen and oxygen atoms in total. The molecule has 0 spiro atoms. The number of rotatable bonds is 8. The van der Waals surface area contributed by atoms with Gasteiger partial charge < -0.3 is 9.88 Å². The van der Waals surface area contributed by atoms with Gasteiger partial charge in [0, 0.05) is 44.4 Å². The Bertz CT molecular complexity index is 367. The molecular formula is C12H17F6N3. The lowest BCUT2D eigenvalue weighted by molar-refractivity contribution is -0.141. The summed E-state index contributed by atoms with van der Waals surface area (Å²) in [6.45, 7) is 0.727. The topological polar surface area (TPSA) is 29.9 Å². The van der Waals surface area contributed by atoms with Gasteiger partial charge in [-0.3, -0.25) is 0 Å². The number of nitrogens with one attached hydrogen (secondary N) is 1. The number of aromatic nitrogens is 2. The van der Waals surface area contributed by atoms with Gasteiger partial charge in [0.15, 0.2) is 0 Å². The van der Waals surface area contributed by atoms with Gasteiger partial charge in [-0.25, -0.2) is 4.98 Å². The maximum atomic E-state index is 12.2. The number of hydrogen-bond acceptors (Lipinski definition) is 2. The molecule has 0 aromatic carbocycles. The van der Waals surface area contributed by atoms with Crippen LogP contribution >= 0.6 is 0 Å². The molecule has 1 heterocycles.